The molecule has 9 heteroatoms. The number of aryl methyl sites for hydroxylation is 1. The highest BCUT2D eigenvalue weighted by Crippen LogP contribution is 2.23. The van der Waals surface area contributed by atoms with Crippen molar-refractivity contribution in [3.05, 3.63) is 51.8 Å². The standard InChI is InChI=1S/C12H11N5O4/c1-7-5-10(11(13)16-18)15-12(14-7)21-9-4-2-3-8(6-9)17(19)20/h2-6,18H,1H3,(H2,13,16). The molecule has 2 rings (SSSR count). The van der Waals surface area contributed by atoms with Gasteiger partial charge in [0, 0.05) is 11.8 Å². The van der Waals surface area contributed by atoms with Crippen LogP contribution in [0.4, 0.5) is 5.69 Å². The van der Waals surface area contributed by atoms with Crippen LogP contribution in [0.1, 0.15) is 11.4 Å². The molecule has 0 aliphatic heterocycles. The molecule has 0 saturated carbocycles. The normalized spacial score (nSPS) is 11.2. The second-order valence-electron chi connectivity index (χ2n) is 4.02. The first kappa shape index (κ1) is 14.2. The van der Waals surface area contributed by atoms with Crippen LogP contribution in [0.15, 0.2) is 35.5 Å². The maximum Gasteiger partial charge on any atom is 0.322 e. The molecule has 1 aromatic carbocycles. The Labute approximate surface area is 118 Å². The fraction of sp³-hybridized carbons (Fsp3) is 0.0833. The van der Waals surface area contributed by atoms with Gasteiger partial charge in [-0.1, -0.05) is 11.2 Å². The van der Waals surface area contributed by atoms with Crippen LogP contribution in [0.3, 0.4) is 0 Å². The highest BCUT2D eigenvalue weighted by Gasteiger charge is 2.11. The SMILES string of the molecule is Cc1cc(/C(N)=N/O)nc(Oc2cccc([N+](=O)[O-])c2)n1. The third-order valence-corrected chi connectivity index (χ3v) is 2.44. The molecule has 0 fully saturated rings. The Morgan fingerprint density at radius 1 is 1.43 bits per heavy atom. The summed E-state index contributed by atoms with van der Waals surface area (Å²) in [6, 6.07) is 7.04. The molecule has 0 aliphatic carbocycles. The lowest BCUT2D eigenvalue weighted by molar-refractivity contribution is -0.384. The maximum absolute atomic E-state index is 10.7. The summed E-state index contributed by atoms with van der Waals surface area (Å²) in [6.45, 7) is 1.68. The van der Waals surface area contributed by atoms with E-state index in [-0.39, 0.29) is 29.0 Å². The van der Waals surface area contributed by atoms with Crippen LogP contribution in [0.2, 0.25) is 0 Å². The minimum absolute atomic E-state index is 0.0582. The minimum atomic E-state index is -0.536. The van der Waals surface area contributed by atoms with Gasteiger partial charge in [0.1, 0.15) is 11.4 Å². The van der Waals surface area contributed by atoms with Crippen LogP contribution in [0, 0.1) is 17.0 Å². The minimum Gasteiger partial charge on any atom is -0.424 e. The Morgan fingerprint density at radius 3 is 2.86 bits per heavy atom. The second kappa shape index (κ2) is 5.82. The average molecular weight is 289 g/mol. The molecule has 0 radical (unpaired) electrons. The van der Waals surface area contributed by atoms with E-state index in [1.165, 1.54) is 30.3 Å². The zero-order valence-electron chi connectivity index (χ0n) is 10.9. The van der Waals surface area contributed by atoms with Crippen LogP contribution in [0.25, 0.3) is 0 Å². The van der Waals surface area contributed by atoms with E-state index in [1.54, 1.807) is 6.92 Å². The van der Waals surface area contributed by atoms with E-state index in [1.807, 2.05) is 0 Å². The molecule has 0 unspecified atom stereocenters. The van der Waals surface area contributed by atoms with Crippen LogP contribution in [-0.4, -0.2) is 25.9 Å². The van der Waals surface area contributed by atoms with Crippen LogP contribution < -0.4 is 10.5 Å². The van der Waals surface area contributed by atoms with Gasteiger partial charge < -0.3 is 15.7 Å². The first-order chi connectivity index (χ1) is 9.99. The molecule has 1 aromatic heterocycles. The lowest BCUT2D eigenvalue weighted by atomic mass is 10.3. The quantitative estimate of drug-likeness (QED) is 0.286. The topological polar surface area (TPSA) is 137 Å². The number of hydrogen-bond donors (Lipinski definition) is 2. The van der Waals surface area contributed by atoms with E-state index in [9.17, 15) is 10.1 Å². The molecule has 9 nitrogen and oxygen atoms in total. The molecule has 0 saturated heterocycles. The Hall–Kier alpha value is -3.23. The molecular weight excluding hydrogens is 278 g/mol. The first-order valence-corrected chi connectivity index (χ1v) is 5.75. The number of aromatic nitrogens is 2. The van der Waals surface area contributed by atoms with Crippen LogP contribution in [0.5, 0.6) is 11.8 Å². The number of nitro groups is 1. The molecule has 3 N–H and O–H groups in total. The number of amidine groups is 1. The number of oxime groups is 1. The molecule has 1 heterocycles. The summed E-state index contributed by atoms with van der Waals surface area (Å²) in [4.78, 5) is 18.1. The van der Waals surface area contributed by atoms with Crippen molar-refractivity contribution in [1.29, 1.82) is 0 Å². The number of nitrogens with two attached hydrogens (primary N) is 1. The van der Waals surface area contributed by atoms with Crippen molar-refractivity contribution in [3.8, 4) is 11.8 Å². The smallest absolute Gasteiger partial charge is 0.322 e. The molecule has 21 heavy (non-hydrogen) atoms. The first-order valence-electron chi connectivity index (χ1n) is 5.75. The van der Waals surface area contributed by atoms with Crippen molar-refractivity contribution < 1.29 is 14.9 Å². The van der Waals surface area contributed by atoms with E-state index in [4.69, 9.17) is 15.7 Å². The highest BCUT2D eigenvalue weighted by atomic mass is 16.6. The van der Waals surface area contributed by atoms with Crippen molar-refractivity contribution in [3.63, 3.8) is 0 Å². The molecular formula is C12H11N5O4. The van der Waals surface area contributed by atoms with E-state index in [0.717, 1.165) is 0 Å². The summed E-state index contributed by atoms with van der Waals surface area (Å²) in [5, 5.41) is 22.2. The van der Waals surface area contributed by atoms with Gasteiger partial charge in [0.25, 0.3) is 5.69 Å². The van der Waals surface area contributed by atoms with Crippen molar-refractivity contribution >= 4 is 11.5 Å². The van der Waals surface area contributed by atoms with Crippen LogP contribution >= 0.6 is 0 Å². The second-order valence-corrected chi connectivity index (χ2v) is 4.02. The summed E-state index contributed by atoms with van der Waals surface area (Å²) >= 11 is 0. The summed E-state index contributed by atoms with van der Waals surface area (Å²) in [5.41, 5.74) is 6.06. The Bertz CT molecular complexity index is 717. The van der Waals surface area contributed by atoms with Gasteiger partial charge in [-0.05, 0) is 19.1 Å². The number of ether oxygens (including phenoxy) is 1. The zero-order chi connectivity index (χ0) is 15.4. The van der Waals surface area contributed by atoms with Crippen molar-refractivity contribution in [2.24, 2.45) is 10.9 Å². The van der Waals surface area contributed by atoms with Gasteiger partial charge in [-0.2, -0.15) is 4.98 Å². The fourth-order valence-electron chi connectivity index (χ4n) is 1.54. The molecule has 0 bridgehead atoms. The van der Waals surface area contributed by atoms with Crippen molar-refractivity contribution in [1.82, 2.24) is 9.97 Å². The third-order valence-electron chi connectivity index (χ3n) is 2.44. The lowest BCUT2D eigenvalue weighted by Gasteiger charge is -2.06. The predicted molar refractivity (Wildman–Crippen MR) is 72.5 cm³/mol. The van der Waals surface area contributed by atoms with Gasteiger partial charge in [0.05, 0.1) is 11.0 Å². The number of non-ortho nitro benzene ring substituents is 1. The van der Waals surface area contributed by atoms with Gasteiger partial charge in [-0.15, -0.1) is 0 Å². The van der Waals surface area contributed by atoms with E-state index in [0.29, 0.717) is 5.69 Å². The molecule has 0 spiro atoms. The van der Waals surface area contributed by atoms with Gasteiger partial charge in [0.15, 0.2) is 5.84 Å². The summed E-state index contributed by atoms with van der Waals surface area (Å²) in [6.07, 6.45) is 0. The monoisotopic (exact) mass is 289 g/mol. The molecule has 0 aliphatic rings. The van der Waals surface area contributed by atoms with Gasteiger partial charge in [0.2, 0.25) is 0 Å². The summed E-state index contributed by atoms with van der Waals surface area (Å²) < 4.78 is 5.37. The van der Waals surface area contributed by atoms with E-state index in [2.05, 4.69) is 15.1 Å². The summed E-state index contributed by atoms with van der Waals surface area (Å²) in [7, 11) is 0. The highest BCUT2D eigenvalue weighted by molar-refractivity contribution is 5.95. The molecule has 2 aromatic rings. The number of nitro benzene ring substituents is 1. The van der Waals surface area contributed by atoms with Gasteiger partial charge in [-0.3, -0.25) is 10.1 Å². The number of hydrogen-bond acceptors (Lipinski definition) is 7. The predicted octanol–water partition coefficient (Wildman–Crippen LogP) is 1.58. The molecule has 108 valence electrons. The largest absolute Gasteiger partial charge is 0.424 e. The average Bonchev–Trinajstić information content (AvgIpc) is 2.46. The van der Waals surface area contributed by atoms with Gasteiger partial charge in [-0.25, -0.2) is 4.98 Å². The van der Waals surface area contributed by atoms with Crippen LogP contribution in [-0.2, 0) is 0 Å². The Balaban J connectivity index is 2.33. The molecule has 0 atom stereocenters. The molecule has 0 amide bonds. The van der Waals surface area contributed by atoms with E-state index < -0.39 is 4.92 Å². The number of nitrogens with zero attached hydrogens (tertiary/aromatic N) is 4. The van der Waals surface area contributed by atoms with E-state index >= 15 is 0 Å². The lowest BCUT2D eigenvalue weighted by Crippen LogP contribution is -2.16. The number of rotatable bonds is 4. The third kappa shape index (κ3) is 3.41. The number of benzene rings is 1. The maximum atomic E-state index is 10.7. The van der Waals surface area contributed by atoms with Gasteiger partial charge >= 0.3 is 6.01 Å². The fourth-order valence-corrected chi connectivity index (χ4v) is 1.54. The zero-order valence-corrected chi connectivity index (χ0v) is 10.9. The summed E-state index contributed by atoms with van der Waals surface area (Å²) in [5.74, 6) is 0.0182. The Kier molecular flexibility index (Phi) is 3.93. The van der Waals surface area contributed by atoms with Crippen molar-refractivity contribution in [2.75, 3.05) is 0 Å². The Morgan fingerprint density at radius 2 is 2.19 bits per heavy atom. The van der Waals surface area contributed by atoms with Crippen molar-refractivity contribution in [2.45, 2.75) is 6.92 Å².